The molecule has 0 aromatic rings. The van der Waals surface area contributed by atoms with E-state index in [1.54, 1.807) is 0 Å². The maximum Gasteiger partial charge on any atom is 0.0524 e. The Hall–Kier alpha value is -0.160. The van der Waals surface area contributed by atoms with Crippen molar-refractivity contribution in [3.8, 4) is 0 Å². The number of aliphatic hydroxyl groups is 1. The summed E-state index contributed by atoms with van der Waals surface area (Å²) >= 11 is 0. The van der Waals surface area contributed by atoms with Crippen molar-refractivity contribution in [1.29, 1.82) is 0 Å². The number of piperazine rings is 1. The highest BCUT2D eigenvalue weighted by atomic mass is 16.3. The van der Waals surface area contributed by atoms with Gasteiger partial charge in [-0.15, -0.1) is 0 Å². The Morgan fingerprint density at radius 1 is 1.31 bits per heavy atom. The molecule has 0 spiro atoms. The van der Waals surface area contributed by atoms with Crippen LogP contribution in [0.15, 0.2) is 0 Å². The number of nitrogens with zero attached hydrogens (tertiary/aromatic N) is 2. The first-order valence-corrected chi connectivity index (χ1v) is 5.03. The maximum atomic E-state index is 9.06. The SMILES string of the molecule is CC(O)CCNN1CCN(C)CC1. The van der Waals surface area contributed by atoms with Gasteiger partial charge in [0, 0.05) is 32.7 Å². The lowest BCUT2D eigenvalue weighted by molar-refractivity contribution is 0.0947. The fourth-order valence-corrected chi connectivity index (χ4v) is 1.40. The first-order chi connectivity index (χ1) is 6.18. The highest BCUT2D eigenvalue weighted by molar-refractivity contribution is 4.66. The Morgan fingerprint density at radius 3 is 2.46 bits per heavy atom. The molecular weight excluding hydrogens is 166 g/mol. The Bertz CT molecular complexity index is 133. The lowest BCUT2D eigenvalue weighted by Gasteiger charge is -2.32. The lowest BCUT2D eigenvalue weighted by atomic mass is 10.3. The van der Waals surface area contributed by atoms with E-state index in [9.17, 15) is 0 Å². The average Bonchev–Trinajstić information content (AvgIpc) is 2.08. The van der Waals surface area contributed by atoms with Crippen LogP contribution in [0.3, 0.4) is 0 Å². The van der Waals surface area contributed by atoms with Crippen molar-refractivity contribution >= 4 is 0 Å². The van der Waals surface area contributed by atoms with Crippen molar-refractivity contribution in [3.05, 3.63) is 0 Å². The molecule has 0 bridgehead atoms. The number of nitrogens with one attached hydrogen (secondary N) is 1. The van der Waals surface area contributed by atoms with Crippen LogP contribution in [0.4, 0.5) is 0 Å². The van der Waals surface area contributed by atoms with E-state index in [1.807, 2.05) is 6.92 Å². The van der Waals surface area contributed by atoms with E-state index < -0.39 is 0 Å². The van der Waals surface area contributed by atoms with E-state index in [0.717, 1.165) is 39.1 Å². The average molecular weight is 187 g/mol. The smallest absolute Gasteiger partial charge is 0.0524 e. The Labute approximate surface area is 80.5 Å². The van der Waals surface area contributed by atoms with Crippen molar-refractivity contribution in [1.82, 2.24) is 15.3 Å². The highest BCUT2D eigenvalue weighted by Crippen LogP contribution is 1.95. The van der Waals surface area contributed by atoms with E-state index in [1.165, 1.54) is 0 Å². The number of hydrogen-bond acceptors (Lipinski definition) is 4. The zero-order chi connectivity index (χ0) is 9.68. The minimum atomic E-state index is -0.194. The van der Waals surface area contributed by atoms with Crippen LogP contribution in [0, 0.1) is 0 Å². The van der Waals surface area contributed by atoms with Gasteiger partial charge >= 0.3 is 0 Å². The number of likely N-dealkylation sites (N-methyl/N-ethyl adjacent to an activating group) is 1. The second-order valence-electron chi connectivity index (χ2n) is 3.84. The summed E-state index contributed by atoms with van der Waals surface area (Å²) in [6.45, 7) is 7.11. The number of hydrogen-bond donors (Lipinski definition) is 2. The Morgan fingerprint density at radius 2 is 1.92 bits per heavy atom. The first-order valence-electron chi connectivity index (χ1n) is 5.03. The number of rotatable bonds is 4. The molecule has 2 N–H and O–H groups in total. The quantitative estimate of drug-likeness (QED) is 0.623. The van der Waals surface area contributed by atoms with Crippen molar-refractivity contribution in [2.75, 3.05) is 39.8 Å². The fraction of sp³-hybridized carbons (Fsp3) is 1.00. The minimum Gasteiger partial charge on any atom is -0.393 e. The van der Waals surface area contributed by atoms with Crippen LogP contribution in [0.2, 0.25) is 0 Å². The molecule has 13 heavy (non-hydrogen) atoms. The standard InChI is InChI=1S/C9H21N3O/c1-9(13)3-4-10-12-7-5-11(2)6-8-12/h9-10,13H,3-8H2,1-2H3. The fourth-order valence-electron chi connectivity index (χ4n) is 1.40. The second-order valence-corrected chi connectivity index (χ2v) is 3.84. The molecule has 1 rings (SSSR count). The molecular formula is C9H21N3O. The largest absolute Gasteiger partial charge is 0.393 e. The predicted molar refractivity (Wildman–Crippen MR) is 53.4 cm³/mol. The van der Waals surface area contributed by atoms with Gasteiger partial charge in [0.2, 0.25) is 0 Å². The molecule has 0 amide bonds. The van der Waals surface area contributed by atoms with E-state index in [0.29, 0.717) is 0 Å². The van der Waals surface area contributed by atoms with Gasteiger partial charge in [0.1, 0.15) is 0 Å². The topological polar surface area (TPSA) is 38.7 Å². The van der Waals surface area contributed by atoms with Gasteiger partial charge in [0.25, 0.3) is 0 Å². The van der Waals surface area contributed by atoms with Crippen LogP contribution in [0.25, 0.3) is 0 Å². The van der Waals surface area contributed by atoms with Gasteiger partial charge < -0.3 is 10.0 Å². The molecule has 0 saturated carbocycles. The van der Waals surface area contributed by atoms with Gasteiger partial charge in [0.15, 0.2) is 0 Å². The molecule has 1 fully saturated rings. The lowest BCUT2D eigenvalue weighted by Crippen LogP contribution is -2.51. The molecule has 1 aliphatic heterocycles. The Kier molecular flexibility index (Phi) is 4.66. The third-order valence-corrected chi connectivity index (χ3v) is 2.40. The van der Waals surface area contributed by atoms with Crippen molar-refractivity contribution in [3.63, 3.8) is 0 Å². The molecule has 0 aliphatic carbocycles. The van der Waals surface area contributed by atoms with Gasteiger partial charge in [-0.1, -0.05) is 0 Å². The van der Waals surface area contributed by atoms with Gasteiger partial charge in [-0.2, -0.15) is 0 Å². The molecule has 4 nitrogen and oxygen atoms in total. The molecule has 1 aliphatic rings. The van der Waals surface area contributed by atoms with Crippen LogP contribution >= 0.6 is 0 Å². The maximum absolute atomic E-state index is 9.06. The van der Waals surface area contributed by atoms with Gasteiger partial charge in [-0.25, -0.2) is 5.01 Å². The van der Waals surface area contributed by atoms with Crippen molar-refractivity contribution in [2.24, 2.45) is 0 Å². The summed E-state index contributed by atoms with van der Waals surface area (Å²) in [5.74, 6) is 0. The zero-order valence-corrected chi connectivity index (χ0v) is 8.66. The van der Waals surface area contributed by atoms with Gasteiger partial charge in [0.05, 0.1) is 6.10 Å². The number of hydrazine groups is 1. The third-order valence-electron chi connectivity index (χ3n) is 2.40. The number of aliphatic hydroxyl groups excluding tert-OH is 1. The summed E-state index contributed by atoms with van der Waals surface area (Å²) in [7, 11) is 2.15. The molecule has 0 aromatic heterocycles. The zero-order valence-electron chi connectivity index (χ0n) is 8.66. The summed E-state index contributed by atoms with van der Waals surface area (Å²) in [6, 6.07) is 0. The normalized spacial score (nSPS) is 23.3. The molecule has 78 valence electrons. The van der Waals surface area contributed by atoms with Crippen LogP contribution in [0.1, 0.15) is 13.3 Å². The summed E-state index contributed by atoms with van der Waals surface area (Å²) in [5.41, 5.74) is 3.32. The molecule has 1 atom stereocenters. The van der Waals surface area contributed by atoms with Crippen LogP contribution in [-0.2, 0) is 0 Å². The van der Waals surface area contributed by atoms with Gasteiger partial charge in [-0.05, 0) is 20.4 Å². The Balaban J connectivity index is 2.02. The summed E-state index contributed by atoms with van der Waals surface area (Å²) < 4.78 is 0. The van der Waals surface area contributed by atoms with E-state index >= 15 is 0 Å². The summed E-state index contributed by atoms with van der Waals surface area (Å²) in [4.78, 5) is 2.33. The molecule has 0 radical (unpaired) electrons. The van der Waals surface area contributed by atoms with Crippen LogP contribution in [-0.4, -0.2) is 60.9 Å². The summed E-state index contributed by atoms with van der Waals surface area (Å²) in [6.07, 6.45) is 0.631. The van der Waals surface area contributed by atoms with Crippen molar-refractivity contribution in [2.45, 2.75) is 19.4 Å². The van der Waals surface area contributed by atoms with E-state index in [-0.39, 0.29) is 6.10 Å². The monoisotopic (exact) mass is 187 g/mol. The van der Waals surface area contributed by atoms with E-state index in [2.05, 4.69) is 22.4 Å². The van der Waals surface area contributed by atoms with E-state index in [4.69, 9.17) is 5.11 Å². The van der Waals surface area contributed by atoms with Crippen LogP contribution in [0.5, 0.6) is 0 Å². The highest BCUT2D eigenvalue weighted by Gasteiger charge is 2.12. The molecule has 1 saturated heterocycles. The molecule has 1 unspecified atom stereocenters. The minimum absolute atomic E-state index is 0.194. The van der Waals surface area contributed by atoms with Crippen LogP contribution < -0.4 is 5.43 Å². The van der Waals surface area contributed by atoms with Gasteiger partial charge in [-0.3, -0.25) is 5.43 Å². The predicted octanol–water partition coefficient (Wildman–Crippen LogP) is -0.491. The molecule has 4 heteroatoms. The third kappa shape index (κ3) is 4.57. The molecule has 1 heterocycles. The first kappa shape index (κ1) is 10.9. The molecule has 0 aromatic carbocycles. The van der Waals surface area contributed by atoms with Crippen molar-refractivity contribution < 1.29 is 5.11 Å². The second kappa shape index (κ2) is 5.54. The summed E-state index contributed by atoms with van der Waals surface area (Å²) in [5, 5.41) is 11.3.